The van der Waals surface area contributed by atoms with Crippen LogP contribution in [0.25, 0.3) is 22.6 Å². The molecular weight excluding hydrogens is 404 g/mol. The summed E-state index contributed by atoms with van der Waals surface area (Å²) in [6.45, 7) is -0.367. The number of nitrogens with zero attached hydrogens (tertiary/aromatic N) is 1. The quantitative estimate of drug-likeness (QED) is 0.450. The van der Waals surface area contributed by atoms with Gasteiger partial charge in [0.15, 0.2) is 6.61 Å². The summed E-state index contributed by atoms with van der Waals surface area (Å²) in [6.07, 6.45) is 4.99. The number of carbonyl (C=O) groups is 2. The summed E-state index contributed by atoms with van der Waals surface area (Å²) in [6, 6.07) is 20.2. The van der Waals surface area contributed by atoms with Gasteiger partial charge in [-0.05, 0) is 60.4 Å². The van der Waals surface area contributed by atoms with Crippen molar-refractivity contribution in [2.75, 3.05) is 11.9 Å². The molecule has 6 heteroatoms. The van der Waals surface area contributed by atoms with Gasteiger partial charge < -0.3 is 14.5 Å². The predicted molar refractivity (Wildman–Crippen MR) is 122 cm³/mol. The van der Waals surface area contributed by atoms with Crippen molar-refractivity contribution in [2.45, 2.75) is 12.8 Å². The van der Waals surface area contributed by atoms with Crippen LogP contribution >= 0.6 is 0 Å². The van der Waals surface area contributed by atoms with Crippen LogP contribution in [0.3, 0.4) is 0 Å². The van der Waals surface area contributed by atoms with Gasteiger partial charge in [-0.25, -0.2) is 9.78 Å². The van der Waals surface area contributed by atoms with Gasteiger partial charge in [0.05, 0.1) is 23.0 Å². The summed E-state index contributed by atoms with van der Waals surface area (Å²) in [5, 5.41) is 3.44. The Hall–Kier alpha value is -4.19. The molecule has 32 heavy (non-hydrogen) atoms. The lowest BCUT2D eigenvalue weighted by atomic mass is 10.0. The molecule has 0 radical (unpaired) electrons. The Morgan fingerprint density at radius 1 is 1.00 bits per heavy atom. The van der Waals surface area contributed by atoms with Crippen LogP contribution < -0.4 is 5.32 Å². The van der Waals surface area contributed by atoms with Crippen LogP contribution in [-0.4, -0.2) is 23.5 Å². The van der Waals surface area contributed by atoms with Crippen molar-refractivity contribution in [2.24, 2.45) is 0 Å². The van der Waals surface area contributed by atoms with E-state index in [1.807, 2.05) is 60.7 Å². The zero-order valence-corrected chi connectivity index (χ0v) is 17.2. The first kappa shape index (κ1) is 19.8. The first-order chi connectivity index (χ1) is 15.7. The number of amides is 1. The average molecular weight is 424 g/mol. The Labute approximate surface area is 184 Å². The van der Waals surface area contributed by atoms with E-state index in [9.17, 15) is 9.59 Å². The van der Waals surface area contributed by atoms with Crippen molar-refractivity contribution in [1.29, 1.82) is 0 Å². The number of hydrogen-bond donors (Lipinski definition) is 1. The number of nitrogens with one attached hydrogen (secondary N) is 1. The van der Waals surface area contributed by atoms with Gasteiger partial charge >= 0.3 is 5.97 Å². The van der Waals surface area contributed by atoms with Gasteiger partial charge in [0, 0.05) is 11.1 Å². The molecule has 158 valence electrons. The number of furan rings is 1. The number of pyridine rings is 1. The third-order valence-corrected chi connectivity index (χ3v) is 5.40. The van der Waals surface area contributed by atoms with Gasteiger partial charge in [-0.2, -0.15) is 0 Å². The number of ether oxygens (including phenoxy) is 1. The van der Waals surface area contributed by atoms with E-state index < -0.39 is 11.9 Å². The molecular formula is C26H20N2O4. The Kier molecular flexibility index (Phi) is 5.25. The lowest BCUT2D eigenvalue weighted by molar-refractivity contribution is -0.119. The Bertz CT molecular complexity index is 1320. The van der Waals surface area contributed by atoms with Crippen LogP contribution in [0.4, 0.5) is 5.69 Å². The van der Waals surface area contributed by atoms with Gasteiger partial charge in [0.1, 0.15) is 5.76 Å². The fraction of sp³-hybridized carbons (Fsp3) is 0.115. The van der Waals surface area contributed by atoms with E-state index >= 15 is 0 Å². The number of rotatable bonds is 5. The maximum Gasteiger partial charge on any atom is 0.339 e. The highest BCUT2D eigenvalue weighted by Crippen LogP contribution is 2.37. The molecule has 0 saturated carbocycles. The minimum Gasteiger partial charge on any atom is -0.465 e. The van der Waals surface area contributed by atoms with Crippen LogP contribution in [0.1, 0.15) is 33.8 Å². The van der Waals surface area contributed by atoms with Crippen LogP contribution in [0.5, 0.6) is 0 Å². The lowest BCUT2D eigenvalue weighted by Gasteiger charge is -2.12. The number of para-hydroxylation sites is 2. The zero-order chi connectivity index (χ0) is 21.9. The highest BCUT2D eigenvalue weighted by molar-refractivity contribution is 6.07. The average Bonchev–Trinajstić information content (AvgIpc) is 3.47. The number of hydrogen-bond acceptors (Lipinski definition) is 5. The molecule has 0 unspecified atom stereocenters. The Morgan fingerprint density at radius 3 is 2.62 bits per heavy atom. The van der Waals surface area contributed by atoms with E-state index in [1.54, 1.807) is 18.4 Å². The number of carbonyl (C=O) groups excluding carboxylic acids is 2. The van der Waals surface area contributed by atoms with Crippen molar-refractivity contribution in [3.8, 4) is 0 Å². The lowest BCUT2D eigenvalue weighted by Crippen LogP contribution is -2.21. The highest BCUT2D eigenvalue weighted by Gasteiger charge is 2.28. The molecule has 0 bridgehead atoms. The van der Waals surface area contributed by atoms with E-state index in [1.165, 1.54) is 0 Å². The van der Waals surface area contributed by atoms with Crippen molar-refractivity contribution >= 4 is 40.1 Å². The van der Waals surface area contributed by atoms with Crippen molar-refractivity contribution in [1.82, 2.24) is 4.98 Å². The fourth-order valence-electron chi connectivity index (χ4n) is 3.98. The molecule has 2 aromatic carbocycles. The van der Waals surface area contributed by atoms with Crippen LogP contribution in [0.15, 0.2) is 77.4 Å². The molecule has 0 atom stereocenters. The molecule has 6 nitrogen and oxygen atoms in total. The van der Waals surface area contributed by atoms with Crippen molar-refractivity contribution in [3.63, 3.8) is 0 Å². The molecule has 0 saturated heterocycles. The largest absolute Gasteiger partial charge is 0.465 e. The monoisotopic (exact) mass is 424 g/mol. The van der Waals surface area contributed by atoms with Gasteiger partial charge in [-0.3, -0.25) is 4.79 Å². The van der Waals surface area contributed by atoms with Crippen molar-refractivity contribution in [3.05, 3.63) is 95.6 Å². The molecule has 0 spiro atoms. The standard InChI is InChI=1S/C26H20N2O4/c29-23(27-18-7-2-1-3-8-18)16-32-26(30)24-20-10-4-5-11-22(20)28-25-17(12-13-21(24)25)15-19-9-6-14-31-19/h1-11,14-15H,12-13,16H2,(H,27,29)/b17-15-. The number of fused-ring (bicyclic) bond motifs is 2. The third kappa shape index (κ3) is 3.90. The van der Waals surface area contributed by atoms with Gasteiger partial charge in [-0.1, -0.05) is 36.4 Å². The second-order valence-corrected chi connectivity index (χ2v) is 7.51. The topological polar surface area (TPSA) is 81.4 Å². The highest BCUT2D eigenvalue weighted by atomic mass is 16.5. The maximum absolute atomic E-state index is 13.1. The molecule has 1 aliphatic carbocycles. The Morgan fingerprint density at radius 2 is 1.81 bits per heavy atom. The zero-order valence-electron chi connectivity index (χ0n) is 17.2. The third-order valence-electron chi connectivity index (χ3n) is 5.40. The summed E-state index contributed by atoms with van der Waals surface area (Å²) in [5.41, 5.74) is 4.46. The molecule has 0 fully saturated rings. The molecule has 1 amide bonds. The first-order valence-electron chi connectivity index (χ1n) is 10.4. The first-order valence-corrected chi connectivity index (χ1v) is 10.4. The molecule has 5 rings (SSSR count). The van der Waals surface area contributed by atoms with Crippen LogP contribution in [0, 0.1) is 0 Å². The number of benzene rings is 2. The minimum absolute atomic E-state index is 0.367. The SMILES string of the molecule is O=C(COC(=O)c1c2c(nc3ccccc13)/C(=C\c1ccco1)CC2)Nc1ccccc1. The number of allylic oxidation sites excluding steroid dienone is 1. The number of anilines is 1. The molecule has 4 aromatic rings. The summed E-state index contributed by atoms with van der Waals surface area (Å²) >= 11 is 0. The number of esters is 1. The maximum atomic E-state index is 13.1. The minimum atomic E-state index is -0.526. The van der Waals surface area contributed by atoms with E-state index in [0.29, 0.717) is 23.2 Å². The van der Waals surface area contributed by atoms with E-state index in [2.05, 4.69) is 5.32 Å². The molecule has 2 aromatic heterocycles. The summed E-state index contributed by atoms with van der Waals surface area (Å²) in [5.74, 6) is -0.176. The van der Waals surface area contributed by atoms with E-state index in [-0.39, 0.29) is 6.61 Å². The smallest absolute Gasteiger partial charge is 0.339 e. The predicted octanol–water partition coefficient (Wildman–Crippen LogP) is 5.11. The van der Waals surface area contributed by atoms with Crippen LogP contribution in [-0.2, 0) is 16.0 Å². The second kappa shape index (κ2) is 8.51. The Balaban J connectivity index is 1.44. The van der Waals surface area contributed by atoms with Gasteiger partial charge in [0.25, 0.3) is 5.91 Å². The number of aromatic nitrogens is 1. The summed E-state index contributed by atoms with van der Waals surface area (Å²) in [4.78, 5) is 30.2. The summed E-state index contributed by atoms with van der Waals surface area (Å²) in [7, 11) is 0. The molecule has 2 heterocycles. The normalized spacial score (nSPS) is 13.8. The van der Waals surface area contributed by atoms with Gasteiger partial charge in [0.2, 0.25) is 0 Å². The second-order valence-electron chi connectivity index (χ2n) is 7.51. The fourth-order valence-corrected chi connectivity index (χ4v) is 3.98. The van der Waals surface area contributed by atoms with E-state index in [0.717, 1.165) is 34.4 Å². The molecule has 0 aliphatic heterocycles. The van der Waals surface area contributed by atoms with E-state index in [4.69, 9.17) is 14.1 Å². The molecule has 1 aliphatic rings. The van der Waals surface area contributed by atoms with Crippen molar-refractivity contribution < 1.29 is 18.7 Å². The molecule has 1 N–H and O–H groups in total. The summed E-state index contributed by atoms with van der Waals surface area (Å²) < 4.78 is 10.9. The van der Waals surface area contributed by atoms with Gasteiger partial charge in [-0.15, -0.1) is 0 Å². The van der Waals surface area contributed by atoms with Crippen LogP contribution in [0.2, 0.25) is 0 Å².